The molecule has 2 heterocycles. The van der Waals surface area contributed by atoms with E-state index in [1.807, 2.05) is 6.92 Å². The Bertz CT molecular complexity index is 801. The van der Waals surface area contributed by atoms with Crippen LogP contribution in [0.25, 0.3) is 0 Å². The van der Waals surface area contributed by atoms with Crippen LogP contribution in [0, 0.1) is 0 Å². The predicted octanol–water partition coefficient (Wildman–Crippen LogP) is 2.52. The Labute approximate surface area is 156 Å². The zero-order chi connectivity index (χ0) is 19.2. The molecule has 1 aromatic heterocycles. The van der Waals surface area contributed by atoms with Crippen LogP contribution in [-0.4, -0.2) is 35.4 Å². The minimum atomic E-state index is -0.710. The van der Waals surface area contributed by atoms with Crippen molar-refractivity contribution in [3.8, 4) is 5.75 Å². The van der Waals surface area contributed by atoms with Crippen molar-refractivity contribution in [1.82, 2.24) is 10.2 Å². The van der Waals surface area contributed by atoms with Gasteiger partial charge in [-0.2, -0.15) is 0 Å². The number of ether oxygens (including phenoxy) is 1. The summed E-state index contributed by atoms with van der Waals surface area (Å²) >= 11 is 0. The molecule has 142 valence electrons. The summed E-state index contributed by atoms with van der Waals surface area (Å²) in [6.45, 7) is 2.55. The summed E-state index contributed by atoms with van der Waals surface area (Å²) in [6.07, 6.45) is 1.82. The van der Waals surface area contributed by atoms with Crippen LogP contribution in [0.1, 0.15) is 25.5 Å². The topological polar surface area (TPSA) is 101 Å². The summed E-state index contributed by atoms with van der Waals surface area (Å²) in [7, 11) is 0. The van der Waals surface area contributed by atoms with E-state index in [1.165, 1.54) is 6.26 Å². The molecule has 1 atom stereocenters. The van der Waals surface area contributed by atoms with Gasteiger partial charge in [0.2, 0.25) is 5.91 Å². The fourth-order valence-corrected chi connectivity index (χ4v) is 2.78. The van der Waals surface area contributed by atoms with Gasteiger partial charge in [-0.05, 0) is 49.7 Å². The molecule has 0 spiro atoms. The average molecular weight is 371 g/mol. The first kappa shape index (κ1) is 18.5. The van der Waals surface area contributed by atoms with E-state index in [1.54, 1.807) is 36.4 Å². The summed E-state index contributed by atoms with van der Waals surface area (Å²) in [6, 6.07) is 9.23. The average Bonchev–Trinajstić information content (AvgIpc) is 3.26. The zero-order valence-electron chi connectivity index (χ0n) is 14.9. The van der Waals surface area contributed by atoms with E-state index < -0.39 is 12.1 Å². The fraction of sp³-hybridized carbons (Fsp3) is 0.316. The van der Waals surface area contributed by atoms with Gasteiger partial charge < -0.3 is 19.8 Å². The SMILES string of the molecule is CCOc1ccc(NC(=O)CC[C@@H]2NC(=O)N(Cc3ccco3)C2=O)cc1. The van der Waals surface area contributed by atoms with Gasteiger partial charge in [-0.25, -0.2) is 4.79 Å². The number of imide groups is 1. The standard InChI is InChI=1S/C19H21N3O5/c1-2-26-14-7-5-13(6-8-14)20-17(23)10-9-16-18(24)22(19(25)21-16)12-15-4-3-11-27-15/h3-8,11,16H,2,9-10,12H2,1H3,(H,20,23)(H,21,25)/t16-/m0/s1. The summed E-state index contributed by atoms with van der Waals surface area (Å²) in [5.41, 5.74) is 0.643. The van der Waals surface area contributed by atoms with Crippen LogP contribution in [0.3, 0.4) is 0 Å². The monoisotopic (exact) mass is 371 g/mol. The molecule has 1 aromatic carbocycles. The van der Waals surface area contributed by atoms with Crippen molar-refractivity contribution < 1.29 is 23.5 Å². The van der Waals surface area contributed by atoms with Gasteiger partial charge in [0.1, 0.15) is 17.6 Å². The lowest BCUT2D eigenvalue weighted by molar-refractivity contribution is -0.128. The fourth-order valence-electron chi connectivity index (χ4n) is 2.78. The Hall–Kier alpha value is -3.29. The third-order valence-corrected chi connectivity index (χ3v) is 4.11. The van der Waals surface area contributed by atoms with Gasteiger partial charge in [-0.1, -0.05) is 0 Å². The van der Waals surface area contributed by atoms with Crippen LogP contribution < -0.4 is 15.4 Å². The molecule has 1 saturated heterocycles. The maximum atomic E-state index is 12.4. The molecule has 1 aliphatic rings. The molecule has 2 aromatic rings. The Morgan fingerprint density at radius 3 is 2.70 bits per heavy atom. The van der Waals surface area contributed by atoms with Crippen molar-refractivity contribution in [1.29, 1.82) is 0 Å². The third-order valence-electron chi connectivity index (χ3n) is 4.11. The number of nitrogens with zero attached hydrogens (tertiary/aromatic N) is 1. The highest BCUT2D eigenvalue weighted by atomic mass is 16.5. The zero-order valence-corrected chi connectivity index (χ0v) is 14.9. The van der Waals surface area contributed by atoms with Crippen molar-refractivity contribution in [3.63, 3.8) is 0 Å². The van der Waals surface area contributed by atoms with Crippen molar-refractivity contribution in [2.75, 3.05) is 11.9 Å². The number of urea groups is 1. The summed E-state index contributed by atoms with van der Waals surface area (Å²) in [4.78, 5) is 37.6. The van der Waals surface area contributed by atoms with Crippen molar-refractivity contribution >= 4 is 23.5 Å². The lowest BCUT2D eigenvalue weighted by atomic mass is 10.1. The molecular formula is C19H21N3O5. The highest BCUT2D eigenvalue weighted by molar-refractivity contribution is 6.04. The highest BCUT2D eigenvalue weighted by Gasteiger charge is 2.38. The van der Waals surface area contributed by atoms with E-state index in [2.05, 4.69) is 10.6 Å². The van der Waals surface area contributed by atoms with Crippen LogP contribution in [0.5, 0.6) is 5.75 Å². The van der Waals surface area contributed by atoms with Crippen LogP contribution in [0.15, 0.2) is 47.1 Å². The van der Waals surface area contributed by atoms with Gasteiger partial charge in [-0.15, -0.1) is 0 Å². The largest absolute Gasteiger partial charge is 0.494 e. The van der Waals surface area contributed by atoms with Crippen LogP contribution in [-0.2, 0) is 16.1 Å². The van der Waals surface area contributed by atoms with Crippen LogP contribution in [0.4, 0.5) is 10.5 Å². The van der Waals surface area contributed by atoms with Crippen molar-refractivity contribution in [2.45, 2.75) is 32.4 Å². The number of anilines is 1. The van der Waals surface area contributed by atoms with E-state index >= 15 is 0 Å². The molecule has 8 heteroatoms. The summed E-state index contributed by atoms with van der Waals surface area (Å²) < 4.78 is 10.5. The summed E-state index contributed by atoms with van der Waals surface area (Å²) in [5.74, 6) is 0.662. The third kappa shape index (κ3) is 4.66. The Morgan fingerprint density at radius 2 is 2.04 bits per heavy atom. The van der Waals surface area contributed by atoms with Gasteiger partial charge in [-0.3, -0.25) is 14.5 Å². The first-order chi connectivity index (χ1) is 13.1. The number of nitrogens with one attached hydrogen (secondary N) is 2. The molecule has 27 heavy (non-hydrogen) atoms. The molecule has 0 saturated carbocycles. The predicted molar refractivity (Wildman–Crippen MR) is 97.1 cm³/mol. The van der Waals surface area contributed by atoms with E-state index in [-0.39, 0.29) is 31.2 Å². The normalized spacial score (nSPS) is 16.3. The lowest BCUT2D eigenvalue weighted by Gasteiger charge is -2.11. The Balaban J connectivity index is 1.48. The number of hydrogen-bond donors (Lipinski definition) is 2. The second-order valence-corrected chi connectivity index (χ2v) is 6.05. The number of hydrogen-bond acceptors (Lipinski definition) is 5. The van der Waals surface area contributed by atoms with E-state index in [9.17, 15) is 14.4 Å². The van der Waals surface area contributed by atoms with Gasteiger partial charge in [0.15, 0.2) is 0 Å². The molecule has 4 amide bonds. The number of carbonyl (C=O) groups is 3. The van der Waals surface area contributed by atoms with E-state index in [0.717, 1.165) is 10.6 Å². The number of rotatable bonds is 8. The second-order valence-electron chi connectivity index (χ2n) is 6.05. The lowest BCUT2D eigenvalue weighted by Crippen LogP contribution is -2.31. The highest BCUT2D eigenvalue weighted by Crippen LogP contribution is 2.18. The number of amides is 4. The molecule has 2 N–H and O–H groups in total. The molecule has 0 radical (unpaired) electrons. The quantitative estimate of drug-likeness (QED) is 0.695. The van der Waals surface area contributed by atoms with Crippen LogP contribution in [0.2, 0.25) is 0 Å². The van der Waals surface area contributed by atoms with Gasteiger partial charge in [0.25, 0.3) is 5.91 Å². The minimum absolute atomic E-state index is 0.0759. The number of furan rings is 1. The van der Waals surface area contributed by atoms with Crippen molar-refractivity contribution in [3.05, 3.63) is 48.4 Å². The Morgan fingerprint density at radius 1 is 1.26 bits per heavy atom. The molecule has 0 bridgehead atoms. The molecule has 8 nitrogen and oxygen atoms in total. The Kier molecular flexibility index (Phi) is 5.75. The van der Waals surface area contributed by atoms with Gasteiger partial charge >= 0.3 is 6.03 Å². The van der Waals surface area contributed by atoms with Crippen molar-refractivity contribution in [2.24, 2.45) is 0 Å². The molecule has 3 rings (SSSR count). The second kappa shape index (κ2) is 8.39. The van der Waals surface area contributed by atoms with Crippen LogP contribution >= 0.6 is 0 Å². The summed E-state index contributed by atoms with van der Waals surface area (Å²) in [5, 5.41) is 5.37. The number of carbonyl (C=O) groups excluding carboxylic acids is 3. The first-order valence-corrected chi connectivity index (χ1v) is 8.73. The smallest absolute Gasteiger partial charge is 0.325 e. The van der Waals surface area contributed by atoms with Gasteiger partial charge in [0.05, 0.1) is 19.4 Å². The van der Waals surface area contributed by atoms with E-state index in [0.29, 0.717) is 18.1 Å². The van der Waals surface area contributed by atoms with Gasteiger partial charge in [0, 0.05) is 12.1 Å². The molecule has 1 aliphatic heterocycles. The molecular weight excluding hydrogens is 350 g/mol. The maximum Gasteiger partial charge on any atom is 0.325 e. The number of benzene rings is 1. The molecule has 0 aliphatic carbocycles. The maximum absolute atomic E-state index is 12.4. The first-order valence-electron chi connectivity index (χ1n) is 8.73. The molecule has 0 unspecified atom stereocenters. The minimum Gasteiger partial charge on any atom is -0.494 e. The molecule has 1 fully saturated rings. The van der Waals surface area contributed by atoms with E-state index in [4.69, 9.17) is 9.15 Å².